The lowest BCUT2D eigenvalue weighted by atomic mass is 10.1. The molecule has 0 saturated heterocycles. The molecular weight excluding hydrogens is 1730 g/mol. The number of aromatic nitrogens is 18. The molecule has 708 valence electrons. The van der Waals surface area contributed by atoms with Crippen LogP contribution in [0.25, 0.3) is 0 Å². The molecule has 0 fully saturated rings. The summed E-state index contributed by atoms with van der Waals surface area (Å²) in [5, 5.41) is 27.6. The number of anilines is 13. The fourth-order valence-corrected chi connectivity index (χ4v) is 12.7. The molecule has 0 unspecified atom stereocenters. The first-order valence-corrected chi connectivity index (χ1v) is 44.8. The minimum atomic E-state index is -0.440. The van der Waals surface area contributed by atoms with Gasteiger partial charge in [-0.15, -0.1) is 9.97 Å². The van der Waals surface area contributed by atoms with Gasteiger partial charge in [-0.1, -0.05) is 205 Å². The highest BCUT2D eigenvalue weighted by Crippen LogP contribution is 2.33. The quantitative estimate of drug-likeness (QED) is 0.0104. The maximum Gasteiger partial charge on any atom is 0.349 e. The molecule has 3 aliphatic rings. The third-order valence-corrected chi connectivity index (χ3v) is 19.9. The van der Waals surface area contributed by atoms with Crippen LogP contribution in [0.5, 0.6) is 35.5 Å². The van der Waals surface area contributed by atoms with Gasteiger partial charge in [-0.25, -0.2) is 9.59 Å². The summed E-state index contributed by atoms with van der Waals surface area (Å²) >= 11 is 0. The average molecular weight is 1850 g/mol. The summed E-state index contributed by atoms with van der Waals surface area (Å²) in [6.45, 7) is 35.6. The van der Waals surface area contributed by atoms with Crippen LogP contribution in [0.3, 0.4) is 0 Å². The number of esters is 1. The lowest BCUT2D eigenvalue weighted by molar-refractivity contribution is -0.137. The van der Waals surface area contributed by atoms with E-state index in [9.17, 15) is 24.0 Å². The van der Waals surface area contributed by atoms with Crippen LogP contribution in [0.15, 0.2) is 193 Å². The van der Waals surface area contributed by atoms with Crippen molar-refractivity contribution in [1.29, 1.82) is 0 Å². The van der Waals surface area contributed by atoms with E-state index in [1.54, 1.807) is 6.07 Å². The van der Waals surface area contributed by atoms with Crippen molar-refractivity contribution in [2.75, 3.05) is 93.2 Å². The number of carbonyl (C=O) groups is 4. The zero-order valence-corrected chi connectivity index (χ0v) is 79.2. The Balaban J connectivity index is 0.000000159. The van der Waals surface area contributed by atoms with Gasteiger partial charge in [0.2, 0.25) is 59.4 Å². The molecule has 136 heavy (non-hydrogen) atoms. The molecule has 6 aromatic heterocycles. The maximum absolute atomic E-state index is 11.5. The summed E-state index contributed by atoms with van der Waals surface area (Å²) in [4.78, 5) is 135. The van der Waals surface area contributed by atoms with Crippen LogP contribution in [0, 0.1) is 0 Å². The van der Waals surface area contributed by atoms with E-state index < -0.39 is 11.7 Å². The van der Waals surface area contributed by atoms with Gasteiger partial charge in [0.05, 0.1) is 40.1 Å². The predicted molar refractivity (Wildman–Crippen MR) is 524 cm³/mol. The van der Waals surface area contributed by atoms with Crippen LogP contribution in [-0.2, 0) is 56.3 Å². The lowest BCUT2D eigenvalue weighted by Crippen LogP contribution is -2.25. The second-order valence-electron chi connectivity index (χ2n) is 32.7. The summed E-state index contributed by atoms with van der Waals surface area (Å²) < 4.78 is 26.2. The van der Waals surface area contributed by atoms with Crippen molar-refractivity contribution in [3.8, 4) is 35.5 Å². The summed E-state index contributed by atoms with van der Waals surface area (Å²) in [6, 6.07) is 57.2. The highest BCUT2D eigenvalue weighted by molar-refractivity contribution is 6.01. The van der Waals surface area contributed by atoms with Crippen molar-refractivity contribution in [2.45, 2.75) is 171 Å². The Hall–Kier alpha value is -16.2. The molecule has 10 N–H and O–H groups in total. The Labute approximate surface area is 789 Å². The summed E-state index contributed by atoms with van der Waals surface area (Å²) in [5.41, 5.74) is 9.63. The van der Waals surface area contributed by atoms with Crippen LogP contribution in [0.2, 0.25) is 0 Å². The molecule has 0 atom stereocenters. The molecular formula is C98H116N28O10. The number of ether oxygens (including phenoxy) is 5. The molecule has 13 aromatic rings. The van der Waals surface area contributed by atoms with Gasteiger partial charge in [-0.3, -0.25) is 19.4 Å². The van der Waals surface area contributed by atoms with E-state index in [1.165, 1.54) is 25.3 Å². The Morgan fingerprint density at radius 3 is 1.14 bits per heavy atom. The maximum atomic E-state index is 11.5. The van der Waals surface area contributed by atoms with Gasteiger partial charge in [0, 0.05) is 108 Å². The van der Waals surface area contributed by atoms with E-state index in [1.807, 2.05) is 201 Å². The molecule has 3 aliphatic heterocycles. The standard InChI is InChI=1S/C20H24N6O3.C20H23N5.C18H24N6O.C18H17N3O2.C14H15N5O2.C8H13N3O2/c1-4-17(28)29-9-5-8-21-19-24-18(12(2)3)25-20(26-19)22-14-7-6-13-10-16(27)23-15(13)11-14;1-15(2)18-23-19(21-13-16-9-5-3-6-10-16)25-20(24-18)22-14-17-11-7-4-8-12-17;1-5-24(6-2)18-22-16(11(3)4)21-17(23-18)19-13-8-7-12-9-15(25)20-14(12)10-13;1-13(2)16-19-17(22-14-9-5-3-6-10-14)21-18(20-16)23-15-11-7-4-8-12-15;1-7(2)12-17-13(19-14(21)18-12)15-9-4-3-8-5-11(20)16-10(8)6-9;1-5(2)6-9-7(12-3)11-8(10-6)13-4/h4,6-7,11-12H,1,5,8-10H2,2-3H3,(H,23,27)(H2,21,22,24,25,26);3-12,15H,13-14H2,1-2H3,(H2,21,22,23,24,25);7-8,10-11H,5-6,9H2,1-4H3,(H,20,25)(H,19,21,22,23);3-13H,1-2H3;3-4,6-7H,5H2,1-2H3,(H,16,20)(H2,15,17,18,19,21);5H,1-4H3. The van der Waals surface area contributed by atoms with Crippen LogP contribution in [-0.4, -0.2) is 154 Å². The van der Waals surface area contributed by atoms with Gasteiger partial charge < -0.3 is 76.4 Å². The number of fused-ring (bicyclic) bond motifs is 3. The third kappa shape index (κ3) is 31.3. The van der Waals surface area contributed by atoms with Gasteiger partial charge in [0.25, 0.3) is 0 Å². The van der Waals surface area contributed by atoms with Crippen molar-refractivity contribution in [2.24, 2.45) is 0 Å². The molecule has 16 rings (SSSR count). The molecule has 0 saturated carbocycles. The number of para-hydroxylation sites is 2. The zero-order valence-electron chi connectivity index (χ0n) is 79.2. The molecule has 0 spiro atoms. The first-order chi connectivity index (χ1) is 65.5. The average Bonchev–Trinajstić information content (AvgIpc) is 1.64. The SMILES string of the molecule is C=CC(=O)OCCCNc1nc(Nc2ccc3c(c2)NC(=O)C3)nc(C(C)C)n1.CC(C)c1nc(NCc2ccccc2)nc(NCc2ccccc2)n1.CC(C)c1nc(Nc2ccc3c(c2)NC(=O)C3)nc(=O)[nH]1.CC(C)c1nc(Oc2ccccc2)nc(Oc2ccccc2)n1.CCN(CC)c1nc(Nc2ccc3c(c2)NC(=O)C3)nc(C(C)C)n1.COc1nc(OC)nc(C(C)C)n1. The zero-order chi connectivity index (χ0) is 97.2. The first kappa shape index (κ1) is 100. The second-order valence-corrected chi connectivity index (χ2v) is 32.7. The van der Waals surface area contributed by atoms with E-state index in [4.69, 9.17) is 23.7 Å². The highest BCUT2D eigenvalue weighted by atomic mass is 16.5. The van der Waals surface area contributed by atoms with E-state index in [0.29, 0.717) is 116 Å². The number of methoxy groups -OCH3 is 2. The monoisotopic (exact) mass is 1840 g/mol. The number of hydrogen-bond donors (Lipinski definition) is 10. The van der Waals surface area contributed by atoms with E-state index in [-0.39, 0.29) is 89.8 Å². The van der Waals surface area contributed by atoms with E-state index in [0.717, 1.165) is 81.6 Å². The van der Waals surface area contributed by atoms with Crippen LogP contribution in [0.4, 0.5) is 75.8 Å². The Morgan fingerprint density at radius 1 is 0.397 bits per heavy atom. The topological polar surface area (TPSA) is 478 Å². The minimum absolute atomic E-state index is 0.00957. The Bertz CT molecular complexity index is 6080. The predicted octanol–water partition coefficient (Wildman–Crippen LogP) is 17.2. The fraction of sp³-hybridized carbons (Fsp3) is 0.327. The number of carbonyl (C=O) groups excluding carboxylic acids is 4. The molecule has 9 heterocycles. The lowest BCUT2D eigenvalue weighted by Gasteiger charge is -2.20. The van der Waals surface area contributed by atoms with Gasteiger partial charge >= 0.3 is 35.7 Å². The van der Waals surface area contributed by atoms with Crippen LogP contribution in [0.1, 0.15) is 202 Å². The van der Waals surface area contributed by atoms with Gasteiger partial charge in [-0.2, -0.15) is 74.8 Å². The molecule has 0 radical (unpaired) electrons. The summed E-state index contributed by atoms with van der Waals surface area (Å²) in [6.07, 6.45) is 2.97. The van der Waals surface area contributed by atoms with Gasteiger partial charge in [-0.05, 0) is 109 Å². The third-order valence-electron chi connectivity index (χ3n) is 19.9. The molecule has 38 heteroatoms. The van der Waals surface area contributed by atoms with Crippen molar-refractivity contribution < 1.29 is 42.9 Å². The van der Waals surface area contributed by atoms with Crippen LogP contribution < -0.4 is 77.4 Å². The summed E-state index contributed by atoms with van der Waals surface area (Å²) in [7, 11) is 3.03. The molecule has 0 aliphatic carbocycles. The molecule has 0 bridgehead atoms. The first-order valence-electron chi connectivity index (χ1n) is 44.8. The highest BCUT2D eigenvalue weighted by Gasteiger charge is 2.24. The van der Waals surface area contributed by atoms with Crippen molar-refractivity contribution in [3.05, 3.63) is 262 Å². The van der Waals surface area contributed by atoms with Crippen molar-refractivity contribution in [1.82, 2.24) is 89.7 Å². The number of nitrogens with zero attached hydrogens (tertiary/aromatic N) is 18. The smallest absolute Gasteiger partial charge is 0.349 e. The number of H-pyrrole nitrogens is 1. The Morgan fingerprint density at radius 2 is 0.750 bits per heavy atom. The number of rotatable bonds is 33. The number of nitrogens with one attached hydrogen (secondary N) is 10. The van der Waals surface area contributed by atoms with E-state index >= 15 is 0 Å². The normalized spacial score (nSPS) is 11.8. The van der Waals surface area contributed by atoms with Gasteiger partial charge in [0.15, 0.2) is 0 Å². The molecule has 7 aromatic carbocycles. The number of amides is 3. The molecule has 38 nitrogen and oxygen atoms in total. The fourth-order valence-electron chi connectivity index (χ4n) is 12.7. The van der Waals surface area contributed by atoms with Gasteiger partial charge in [0.1, 0.15) is 46.4 Å². The minimum Gasteiger partial charge on any atom is -0.467 e. The number of benzene rings is 7. The summed E-state index contributed by atoms with van der Waals surface area (Å²) in [5.74, 6) is 9.45. The number of aromatic amines is 1. The second kappa shape index (κ2) is 49.9. The van der Waals surface area contributed by atoms with Crippen LogP contribution >= 0.6 is 0 Å². The Kier molecular flexibility index (Phi) is 36.8. The van der Waals surface area contributed by atoms with Crippen molar-refractivity contribution >= 4 is 99.5 Å². The largest absolute Gasteiger partial charge is 0.467 e. The van der Waals surface area contributed by atoms with Crippen molar-refractivity contribution in [3.63, 3.8) is 0 Å². The van der Waals surface area contributed by atoms with E-state index in [2.05, 4.69) is 215 Å². The molecule has 3 amide bonds. The number of hydrogen-bond acceptors (Lipinski definition) is 34.